The van der Waals surface area contributed by atoms with Crippen molar-refractivity contribution in [2.24, 2.45) is 7.05 Å². The zero-order valence-corrected chi connectivity index (χ0v) is 13.6. The van der Waals surface area contributed by atoms with Gasteiger partial charge in [-0.2, -0.15) is 5.26 Å². The summed E-state index contributed by atoms with van der Waals surface area (Å²) in [6, 6.07) is 14.2. The molecule has 0 fully saturated rings. The second kappa shape index (κ2) is 5.96. The standard InChI is InChI=1S/C17H11Cl2N3O/c1-22-15-5-3-2-4-14(15)21-17(22)12(9-20)16(23)11-7-6-10(18)8-13(11)19/h2-8,23H,1H3. The lowest BCUT2D eigenvalue weighted by Crippen LogP contribution is -1.99. The largest absolute Gasteiger partial charge is 0.506 e. The van der Waals surface area contributed by atoms with Gasteiger partial charge in [0.2, 0.25) is 0 Å². The highest BCUT2D eigenvalue weighted by Gasteiger charge is 2.19. The molecule has 3 rings (SSSR count). The zero-order chi connectivity index (χ0) is 16.6. The molecule has 23 heavy (non-hydrogen) atoms. The van der Waals surface area contributed by atoms with Crippen molar-refractivity contribution in [1.82, 2.24) is 9.55 Å². The van der Waals surface area contributed by atoms with Gasteiger partial charge in [-0.25, -0.2) is 4.98 Å². The molecule has 0 aliphatic carbocycles. The van der Waals surface area contributed by atoms with Crippen LogP contribution in [0, 0.1) is 11.3 Å². The van der Waals surface area contributed by atoms with E-state index < -0.39 is 0 Å². The highest BCUT2D eigenvalue weighted by atomic mass is 35.5. The van der Waals surface area contributed by atoms with Crippen LogP contribution in [0.1, 0.15) is 11.4 Å². The van der Waals surface area contributed by atoms with E-state index >= 15 is 0 Å². The molecular formula is C17H11Cl2N3O. The quantitative estimate of drug-likeness (QED) is 0.535. The Hall–Kier alpha value is -2.48. The fraction of sp³-hybridized carbons (Fsp3) is 0.0588. The van der Waals surface area contributed by atoms with Crippen LogP contribution < -0.4 is 0 Å². The van der Waals surface area contributed by atoms with E-state index in [1.54, 1.807) is 23.7 Å². The fourth-order valence-electron chi connectivity index (χ4n) is 2.39. The van der Waals surface area contributed by atoms with Crippen LogP contribution in [0.4, 0.5) is 0 Å². The summed E-state index contributed by atoms with van der Waals surface area (Å²) in [6.45, 7) is 0. The van der Waals surface area contributed by atoms with Gasteiger partial charge in [0.15, 0.2) is 5.82 Å². The number of fused-ring (bicyclic) bond motifs is 1. The van der Waals surface area contributed by atoms with Gasteiger partial charge in [-0.1, -0.05) is 35.3 Å². The summed E-state index contributed by atoms with van der Waals surface area (Å²) in [7, 11) is 1.79. The SMILES string of the molecule is Cn1c(C(C#N)=C(O)c2ccc(Cl)cc2Cl)nc2ccccc21. The van der Waals surface area contributed by atoms with Crippen molar-refractivity contribution < 1.29 is 5.11 Å². The molecule has 0 amide bonds. The molecule has 0 radical (unpaired) electrons. The molecule has 0 aliphatic rings. The average Bonchev–Trinajstić information content (AvgIpc) is 2.85. The number of allylic oxidation sites excluding steroid dienone is 1. The number of nitriles is 1. The first-order chi connectivity index (χ1) is 11.0. The number of aliphatic hydroxyl groups is 1. The average molecular weight is 344 g/mol. The Labute approximate surface area is 142 Å². The summed E-state index contributed by atoms with van der Waals surface area (Å²) in [5.74, 6) is 0.143. The second-order valence-electron chi connectivity index (χ2n) is 4.94. The summed E-state index contributed by atoms with van der Waals surface area (Å²) in [5, 5.41) is 20.8. The van der Waals surface area contributed by atoms with Crippen LogP contribution >= 0.6 is 23.2 Å². The van der Waals surface area contributed by atoms with E-state index in [9.17, 15) is 10.4 Å². The van der Waals surface area contributed by atoms with E-state index in [2.05, 4.69) is 4.98 Å². The topological polar surface area (TPSA) is 61.8 Å². The number of halogens is 2. The molecule has 1 heterocycles. The molecule has 0 spiro atoms. The molecule has 1 N–H and O–H groups in total. The number of aromatic nitrogens is 2. The molecule has 1 aromatic heterocycles. The minimum Gasteiger partial charge on any atom is -0.506 e. The molecule has 0 unspecified atom stereocenters. The number of aryl methyl sites for hydroxylation is 1. The predicted octanol–water partition coefficient (Wildman–Crippen LogP) is 4.83. The van der Waals surface area contributed by atoms with Gasteiger partial charge < -0.3 is 9.67 Å². The maximum absolute atomic E-state index is 10.5. The van der Waals surface area contributed by atoms with Gasteiger partial charge in [-0.05, 0) is 30.3 Å². The van der Waals surface area contributed by atoms with Crippen LogP contribution in [0.5, 0.6) is 0 Å². The summed E-state index contributed by atoms with van der Waals surface area (Å²) in [5.41, 5.74) is 1.99. The molecular weight excluding hydrogens is 333 g/mol. The maximum Gasteiger partial charge on any atom is 0.155 e. The lowest BCUT2D eigenvalue weighted by molar-refractivity contribution is 0.513. The number of para-hydroxylation sites is 2. The van der Waals surface area contributed by atoms with Gasteiger partial charge in [0.05, 0.1) is 16.1 Å². The molecule has 0 aliphatic heterocycles. The van der Waals surface area contributed by atoms with Crippen LogP contribution in [-0.4, -0.2) is 14.7 Å². The van der Waals surface area contributed by atoms with Crippen LogP contribution in [0.25, 0.3) is 22.4 Å². The van der Waals surface area contributed by atoms with Crippen molar-refractivity contribution >= 4 is 45.6 Å². The van der Waals surface area contributed by atoms with Crippen LogP contribution in [0.15, 0.2) is 42.5 Å². The van der Waals surface area contributed by atoms with E-state index in [1.165, 1.54) is 6.07 Å². The Balaban J connectivity index is 2.25. The minimum absolute atomic E-state index is 0.0490. The van der Waals surface area contributed by atoms with Crippen molar-refractivity contribution in [3.8, 4) is 6.07 Å². The monoisotopic (exact) mass is 343 g/mol. The maximum atomic E-state index is 10.5. The van der Waals surface area contributed by atoms with Crippen LogP contribution in [0.3, 0.4) is 0 Å². The van der Waals surface area contributed by atoms with Crippen molar-refractivity contribution in [2.75, 3.05) is 0 Å². The zero-order valence-electron chi connectivity index (χ0n) is 12.1. The molecule has 0 bridgehead atoms. The van der Waals surface area contributed by atoms with Gasteiger partial charge in [0.25, 0.3) is 0 Å². The third-order valence-corrected chi connectivity index (χ3v) is 4.09. The molecule has 4 nitrogen and oxygen atoms in total. The first-order valence-corrected chi connectivity index (χ1v) is 7.49. The molecule has 6 heteroatoms. The number of imidazole rings is 1. The lowest BCUT2D eigenvalue weighted by Gasteiger charge is -2.07. The van der Waals surface area contributed by atoms with Gasteiger partial charge in [-0.3, -0.25) is 0 Å². The number of benzene rings is 2. The molecule has 114 valence electrons. The summed E-state index contributed by atoms with van der Waals surface area (Å²) >= 11 is 12.0. The Kier molecular flexibility index (Phi) is 3.99. The third kappa shape index (κ3) is 2.65. The van der Waals surface area contributed by atoms with E-state index in [0.717, 1.165) is 11.0 Å². The Bertz CT molecular complexity index is 983. The first kappa shape index (κ1) is 15.4. The molecule has 0 atom stereocenters. The van der Waals surface area contributed by atoms with E-state index in [-0.39, 0.29) is 16.4 Å². The third-order valence-electron chi connectivity index (χ3n) is 3.55. The van der Waals surface area contributed by atoms with Gasteiger partial charge >= 0.3 is 0 Å². The summed E-state index contributed by atoms with van der Waals surface area (Å²) < 4.78 is 1.76. The predicted molar refractivity (Wildman–Crippen MR) is 92.2 cm³/mol. The van der Waals surface area contributed by atoms with E-state index in [1.807, 2.05) is 30.3 Å². The van der Waals surface area contributed by atoms with Crippen molar-refractivity contribution in [1.29, 1.82) is 5.26 Å². The van der Waals surface area contributed by atoms with Crippen molar-refractivity contribution in [2.45, 2.75) is 0 Å². The fourth-order valence-corrected chi connectivity index (χ4v) is 2.89. The smallest absolute Gasteiger partial charge is 0.155 e. The van der Waals surface area contributed by atoms with Gasteiger partial charge in [0, 0.05) is 17.6 Å². The lowest BCUT2D eigenvalue weighted by atomic mass is 10.1. The normalized spacial score (nSPS) is 12.1. The van der Waals surface area contributed by atoms with E-state index in [0.29, 0.717) is 16.4 Å². The summed E-state index contributed by atoms with van der Waals surface area (Å²) in [6.07, 6.45) is 0. The Morgan fingerprint density at radius 3 is 2.61 bits per heavy atom. The van der Waals surface area contributed by atoms with Gasteiger partial charge in [0.1, 0.15) is 17.4 Å². The highest BCUT2D eigenvalue weighted by molar-refractivity contribution is 6.35. The van der Waals surface area contributed by atoms with Crippen LogP contribution in [-0.2, 0) is 7.05 Å². The summed E-state index contributed by atoms with van der Waals surface area (Å²) in [4.78, 5) is 4.43. The Morgan fingerprint density at radius 1 is 1.22 bits per heavy atom. The second-order valence-corrected chi connectivity index (χ2v) is 5.79. The molecule has 0 saturated carbocycles. The molecule has 2 aromatic carbocycles. The number of hydrogen-bond acceptors (Lipinski definition) is 3. The number of nitrogens with zero attached hydrogens (tertiary/aromatic N) is 3. The minimum atomic E-state index is -0.229. The van der Waals surface area contributed by atoms with Gasteiger partial charge in [-0.15, -0.1) is 0 Å². The van der Waals surface area contributed by atoms with E-state index in [4.69, 9.17) is 23.2 Å². The number of rotatable bonds is 2. The number of hydrogen-bond donors (Lipinski definition) is 1. The van der Waals surface area contributed by atoms with Crippen molar-refractivity contribution in [3.63, 3.8) is 0 Å². The van der Waals surface area contributed by atoms with Crippen molar-refractivity contribution in [3.05, 3.63) is 63.9 Å². The number of aliphatic hydroxyl groups excluding tert-OH is 1. The highest BCUT2D eigenvalue weighted by Crippen LogP contribution is 2.31. The molecule has 3 aromatic rings. The van der Waals surface area contributed by atoms with Crippen LogP contribution in [0.2, 0.25) is 10.0 Å². The first-order valence-electron chi connectivity index (χ1n) is 6.73. The Morgan fingerprint density at radius 2 is 1.96 bits per heavy atom. The molecule has 0 saturated heterocycles.